The lowest BCUT2D eigenvalue weighted by molar-refractivity contribution is 0.465. The van der Waals surface area contributed by atoms with Gasteiger partial charge in [0.1, 0.15) is 5.75 Å². The van der Waals surface area contributed by atoms with E-state index in [9.17, 15) is 5.11 Å². The number of hydrogen-bond acceptors (Lipinski definition) is 3. The number of aromatic nitrogens is 1. The maximum Gasteiger partial charge on any atom is 0.191 e. The smallest absolute Gasteiger partial charge is 0.191 e. The van der Waals surface area contributed by atoms with Crippen molar-refractivity contribution in [2.75, 3.05) is 13.1 Å². The van der Waals surface area contributed by atoms with Crippen molar-refractivity contribution in [1.29, 1.82) is 0 Å². The standard InChI is InChI=1S/C21H28N4O/c1-2-22-21(24-14-12-17-8-5-6-13-23-17)25-15-19-18-9-4-3-7-16(18)10-11-20(19)26/h5-6,8,10-11,13,26H,2-4,7,9,12,14-15H2,1H3,(H2,22,24,25). The molecule has 3 rings (SSSR count). The number of pyridine rings is 1. The Bertz CT molecular complexity index is 743. The van der Waals surface area contributed by atoms with Gasteiger partial charge in [-0.25, -0.2) is 4.99 Å². The molecule has 0 bridgehead atoms. The van der Waals surface area contributed by atoms with Crippen molar-refractivity contribution in [2.45, 2.75) is 45.6 Å². The largest absolute Gasteiger partial charge is 0.508 e. The summed E-state index contributed by atoms with van der Waals surface area (Å²) >= 11 is 0. The van der Waals surface area contributed by atoms with Crippen molar-refractivity contribution in [3.05, 3.63) is 58.9 Å². The monoisotopic (exact) mass is 352 g/mol. The summed E-state index contributed by atoms with van der Waals surface area (Å²) < 4.78 is 0. The second kappa shape index (κ2) is 9.22. The molecule has 3 N–H and O–H groups in total. The minimum absolute atomic E-state index is 0.360. The minimum Gasteiger partial charge on any atom is -0.508 e. The lowest BCUT2D eigenvalue weighted by Crippen LogP contribution is -2.38. The Morgan fingerprint density at radius 3 is 2.85 bits per heavy atom. The number of aryl methyl sites for hydroxylation is 1. The first-order valence-electron chi connectivity index (χ1n) is 9.52. The molecule has 5 nitrogen and oxygen atoms in total. The van der Waals surface area contributed by atoms with Gasteiger partial charge in [-0.2, -0.15) is 0 Å². The van der Waals surface area contributed by atoms with Crippen molar-refractivity contribution < 1.29 is 5.11 Å². The van der Waals surface area contributed by atoms with Crippen molar-refractivity contribution in [1.82, 2.24) is 15.6 Å². The molecule has 1 heterocycles. The summed E-state index contributed by atoms with van der Waals surface area (Å²) in [5, 5.41) is 16.9. The predicted octanol–water partition coefficient (Wildman–Crippen LogP) is 2.96. The number of nitrogens with one attached hydrogen (secondary N) is 2. The number of rotatable bonds is 6. The van der Waals surface area contributed by atoms with Crippen LogP contribution in [0.15, 0.2) is 41.5 Å². The van der Waals surface area contributed by atoms with E-state index in [-0.39, 0.29) is 0 Å². The van der Waals surface area contributed by atoms with Gasteiger partial charge in [-0.3, -0.25) is 4.98 Å². The van der Waals surface area contributed by atoms with Crippen LogP contribution in [0.3, 0.4) is 0 Å². The molecule has 1 aromatic heterocycles. The lowest BCUT2D eigenvalue weighted by Gasteiger charge is -2.20. The minimum atomic E-state index is 0.360. The van der Waals surface area contributed by atoms with Gasteiger partial charge in [-0.05, 0) is 61.9 Å². The van der Waals surface area contributed by atoms with Gasteiger partial charge in [0, 0.05) is 37.0 Å². The van der Waals surface area contributed by atoms with E-state index in [2.05, 4.69) is 28.6 Å². The first-order chi connectivity index (χ1) is 12.8. The SMILES string of the molecule is CCNC(=NCc1c(O)ccc2c1CCCC2)NCCc1ccccn1. The summed E-state index contributed by atoms with van der Waals surface area (Å²) in [7, 11) is 0. The third-order valence-corrected chi connectivity index (χ3v) is 4.77. The fraction of sp³-hybridized carbons (Fsp3) is 0.429. The molecule has 0 atom stereocenters. The molecular weight excluding hydrogens is 324 g/mol. The van der Waals surface area contributed by atoms with E-state index in [4.69, 9.17) is 4.99 Å². The Kier molecular flexibility index (Phi) is 6.47. The summed E-state index contributed by atoms with van der Waals surface area (Å²) in [4.78, 5) is 9.04. The molecule has 0 fully saturated rings. The average Bonchev–Trinajstić information content (AvgIpc) is 2.68. The third kappa shape index (κ3) is 4.75. The Balaban J connectivity index is 1.66. The number of phenolic OH excluding ortho intramolecular Hbond substituents is 1. The van der Waals surface area contributed by atoms with Crippen LogP contribution in [0.2, 0.25) is 0 Å². The Morgan fingerprint density at radius 2 is 2.04 bits per heavy atom. The van der Waals surface area contributed by atoms with Gasteiger partial charge in [0.2, 0.25) is 0 Å². The van der Waals surface area contributed by atoms with E-state index < -0.39 is 0 Å². The van der Waals surface area contributed by atoms with Crippen LogP contribution in [0.1, 0.15) is 42.1 Å². The lowest BCUT2D eigenvalue weighted by atomic mass is 9.88. The van der Waals surface area contributed by atoms with E-state index in [0.29, 0.717) is 12.3 Å². The molecule has 5 heteroatoms. The summed E-state index contributed by atoms with van der Waals surface area (Å²) in [6.45, 7) is 4.11. The van der Waals surface area contributed by atoms with Gasteiger partial charge in [0.25, 0.3) is 0 Å². The molecule has 1 aliphatic carbocycles. The highest BCUT2D eigenvalue weighted by Crippen LogP contribution is 2.30. The van der Waals surface area contributed by atoms with E-state index in [1.165, 1.54) is 24.0 Å². The molecule has 138 valence electrons. The van der Waals surface area contributed by atoms with E-state index >= 15 is 0 Å². The zero-order chi connectivity index (χ0) is 18.2. The molecule has 1 aromatic carbocycles. The number of benzene rings is 1. The predicted molar refractivity (Wildman–Crippen MR) is 106 cm³/mol. The molecule has 26 heavy (non-hydrogen) atoms. The number of aromatic hydroxyl groups is 1. The molecule has 0 unspecified atom stereocenters. The topological polar surface area (TPSA) is 69.5 Å². The van der Waals surface area contributed by atoms with Gasteiger partial charge in [-0.1, -0.05) is 12.1 Å². The van der Waals surface area contributed by atoms with Crippen molar-refractivity contribution in [3.63, 3.8) is 0 Å². The van der Waals surface area contributed by atoms with Crippen LogP contribution in [0.4, 0.5) is 0 Å². The highest BCUT2D eigenvalue weighted by molar-refractivity contribution is 5.79. The van der Waals surface area contributed by atoms with Crippen LogP contribution in [-0.2, 0) is 25.8 Å². The molecule has 0 spiro atoms. The average molecular weight is 352 g/mol. The van der Waals surface area contributed by atoms with Gasteiger partial charge < -0.3 is 15.7 Å². The fourth-order valence-corrected chi connectivity index (χ4v) is 3.42. The fourth-order valence-electron chi connectivity index (χ4n) is 3.42. The number of nitrogens with zero attached hydrogens (tertiary/aromatic N) is 2. The number of hydrogen-bond donors (Lipinski definition) is 3. The maximum atomic E-state index is 10.3. The molecule has 1 aliphatic rings. The number of fused-ring (bicyclic) bond motifs is 1. The Labute approximate surface area is 155 Å². The molecule has 0 saturated carbocycles. The second-order valence-electron chi connectivity index (χ2n) is 6.60. The first kappa shape index (κ1) is 18.2. The van der Waals surface area contributed by atoms with Gasteiger partial charge in [0.15, 0.2) is 5.96 Å². The van der Waals surface area contributed by atoms with Crippen LogP contribution < -0.4 is 10.6 Å². The Morgan fingerprint density at radius 1 is 1.15 bits per heavy atom. The molecule has 0 aliphatic heterocycles. The molecule has 0 saturated heterocycles. The van der Waals surface area contributed by atoms with Crippen molar-refractivity contribution in [3.8, 4) is 5.75 Å². The number of aliphatic imine (C=N–C) groups is 1. The van der Waals surface area contributed by atoms with E-state index in [0.717, 1.165) is 49.6 Å². The first-order valence-corrected chi connectivity index (χ1v) is 9.52. The van der Waals surface area contributed by atoms with Crippen LogP contribution in [0.5, 0.6) is 5.75 Å². The zero-order valence-corrected chi connectivity index (χ0v) is 15.5. The van der Waals surface area contributed by atoms with Gasteiger partial charge in [0.05, 0.1) is 6.54 Å². The van der Waals surface area contributed by atoms with Gasteiger partial charge in [-0.15, -0.1) is 0 Å². The number of phenols is 1. The molecule has 0 radical (unpaired) electrons. The third-order valence-electron chi connectivity index (χ3n) is 4.77. The summed E-state index contributed by atoms with van der Waals surface area (Å²) in [6.07, 6.45) is 7.23. The number of guanidine groups is 1. The summed E-state index contributed by atoms with van der Waals surface area (Å²) in [6, 6.07) is 9.84. The summed E-state index contributed by atoms with van der Waals surface area (Å²) in [5.41, 5.74) is 4.70. The van der Waals surface area contributed by atoms with Crippen molar-refractivity contribution in [2.24, 2.45) is 4.99 Å². The van der Waals surface area contributed by atoms with Crippen LogP contribution in [0, 0.1) is 0 Å². The summed E-state index contributed by atoms with van der Waals surface area (Å²) in [5.74, 6) is 1.13. The normalized spacial score (nSPS) is 14.0. The highest BCUT2D eigenvalue weighted by atomic mass is 16.3. The highest BCUT2D eigenvalue weighted by Gasteiger charge is 2.16. The van der Waals surface area contributed by atoms with E-state index in [1.807, 2.05) is 30.5 Å². The quantitative estimate of drug-likeness (QED) is 0.552. The van der Waals surface area contributed by atoms with Crippen molar-refractivity contribution >= 4 is 5.96 Å². The second-order valence-corrected chi connectivity index (χ2v) is 6.60. The molecule has 2 aromatic rings. The molecule has 0 amide bonds. The molecular formula is C21H28N4O. The Hall–Kier alpha value is -2.56. The zero-order valence-electron chi connectivity index (χ0n) is 15.5. The van der Waals surface area contributed by atoms with Gasteiger partial charge >= 0.3 is 0 Å². The van der Waals surface area contributed by atoms with E-state index in [1.54, 1.807) is 0 Å². The van der Waals surface area contributed by atoms with Crippen LogP contribution in [-0.4, -0.2) is 29.1 Å². The maximum absolute atomic E-state index is 10.3. The van der Waals surface area contributed by atoms with Crippen LogP contribution >= 0.6 is 0 Å². The van der Waals surface area contributed by atoms with Crippen LogP contribution in [0.25, 0.3) is 0 Å².